The Morgan fingerprint density at radius 3 is 3.15 bits per heavy atom. The summed E-state index contributed by atoms with van der Waals surface area (Å²) in [4.78, 5) is 11.3. The van der Waals surface area contributed by atoms with Crippen LogP contribution in [0.3, 0.4) is 0 Å². The van der Waals surface area contributed by atoms with Gasteiger partial charge in [-0.3, -0.25) is 9.89 Å². The van der Waals surface area contributed by atoms with Crippen LogP contribution in [0.2, 0.25) is 0 Å². The van der Waals surface area contributed by atoms with Gasteiger partial charge >= 0.3 is 0 Å². The fourth-order valence-corrected chi connectivity index (χ4v) is 1.85. The molecule has 1 N–H and O–H groups in total. The van der Waals surface area contributed by atoms with Gasteiger partial charge in [0.1, 0.15) is 0 Å². The maximum absolute atomic E-state index is 11.3. The Balaban J connectivity index is 2.18. The Bertz CT molecular complexity index is 246. The molecule has 0 aliphatic heterocycles. The number of carbonyl (C=O) groups is 1. The average molecular weight is 198 g/mol. The van der Waals surface area contributed by atoms with Gasteiger partial charge in [-0.25, -0.2) is 0 Å². The summed E-state index contributed by atoms with van der Waals surface area (Å²) in [5.74, 6) is 0.938. The molecule has 72 valence electrons. The highest BCUT2D eigenvalue weighted by Crippen LogP contribution is 2.09. The molecule has 0 aromatic carbocycles. The van der Waals surface area contributed by atoms with Crippen LogP contribution in [0.25, 0.3) is 0 Å². The molecule has 0 saturated heterocycles. The molecule has 0 spiro atoms. The molecular formula is C9H14N2OS. The first-order valence-electron chi connectivity index (χ1n) is 4.46. The minimum absolute atomic E-state index is 0.231. The van der Waals surface area contributed by atoms with Gasteiger partial charge in [-0.15, -0.1) is 0 Å². The molecule has 1 aromatic rings. The van der Waals surface area contributed by atoms with E-state index in [-0.39, 0.29) is 5.12 Å². The van der Waals surface area contributed by atoms with Gasteiger partial charge in [-0.1, -0.05) is 25.1 Å². The summed E-state index contributed by atoms with van der Waals surface area (Å²) in [6, 6.07) is 0. The first-order valence-corrected chi connectivity index (χ1v) is 5.44. The van der Waals surface area contributed by atoms with Gasteiger partial charge in [0.25, 0.3) is 0 Å². The number of aromatic nitrogens is 2. The van der Waals surface area contributed by atoms with Gasteiger partial charge in [-0.2, -0.15) is 5.10 Å². The second kappa shape index (κ2) is 5.80. The van der Waals surface area contributed by atoms with E-state index in [1.807, 2.05) is 0 Å². The summed E-state index contributed by atoms with van der Waals surface area (Å²) < 4.78 is 0. The maximum atomic E-state index is 11.3. The number of nitrogens with one attached hydrogen (secondary N) is 1. The van der Waals surface area contributed by atoms with Crippen LogP contribution >= 0.6 is 11.8 Å². The van der Waals surface area contributed by atoms with Crippen molar-refractivity contribution in [1.29, 1.82) is 0 Å². The molecule has 1 rings (SSSR count). The van der Waals surface area contributed by atoms with Gasteiger partial charge in [0, 0.05) is 18.4 Å². The summed E-state index contributed by atoms with van der Waals surface area (Å²) in [7, 11) is 0. The second-order valence-corrected chi connectivity index (χ2v) is 4.01. The summed E-state index contributed by atoms with van der Waals surface area (Å²) >= 11 is 1.42. The van der Waals surface area contributed by atoms with E-state index in [1.54, 1.807) is 12.4 Å². The van der Waals surface area contributed by atoms with Crippen molar-refractivity contribution in [3.8, 4) is 0 Å². The third kappa shape index (κ3) is 4.12. The fraction of sp³-hybridized carbons (Fsp3) is 0.556. The number of hydrogen-bond acceptors (Lipinski definition) is 3. The predicted molar refractivity (Wildman–Crippen MR) is 54.7 cm³/mol. The number of aromatic amines is 1. The lowest BCUT2D eigenvalue weighted by molar-refractivity contribution is -0.110. The van der Waals surface area contributed by atoms with E-state index in [0.29, 0.717) is 6.42 Å². The van der Waals surface area contributed by atoms with Crippen molar-refractivity contribution in [2.75, 3.05) is 5.75 Å². The molecule has 1 heterocycles. The molecule has 13 heavy (non-hydrogen) atoms. The highest BCUT2D eigenvalue weighted by molar-refractivity contribution is 8.13. The summed E-state index contributed by atoms with van der Waals surface area (Å²) in [5.41, 5.74) is 0.967. The van der Waals surface area contributed by atoms with E-state index in [4.69, 9.17) is 0 Å². The van der Waals surface area contributed by atoms with Crippen molar-refractivity contribution in [2.45, 2.75) is 26.2 Å². The average Bonchev–Trinajstić information content (AvgIpc) is 2.57. The zero-order chi connectivity index (χ0) is 9.52. The number of rotatable bonds is 5. The van der Waals surface area contributed by atoms with E-state index >= 15 is 0 Å². The van der Waals surface area contributed by atoms with E-state index < -0.39 is 0 Å². The lowest BCUT2D eigenvalue weighted by Crippen LogP contribution is -1.97. The van der Waals surface area contributed by atoms with E-state index in [9.17, 15) is 4.79 Å². The number of thioether (sulfide) groups is 1. The van der Waals surface area contributed by atoms with Crippen molar-refractivity contribution in [3.05, 3.63) is 18.0 Å². The molecule has 0 saturated carbocycles. The maximum Gasteiger partial charge on any atom is 0.193 e. The van der Waals surface area contributed by atoms with Crippen LogP contribution < -0.4 is 0 Å². The molecule has 0 amide bonds. The fourth-order valence-electron chi connectivity index (χ4n) is 0.922. The molecule has 3 nitrogen and oxygen atoms in total. The molecule has 0 atom stereocenters. The zero-order valence-electron chi connectivity index (χ0n) is 7.75. The van der Waals surface area contributed by atoms with Crippen LogP contribution in [0.15, 0.2) is 12.4 Å². The van der Waals surface area contributed by atoms with Gasteiger partial charge in [0.2, 0.25) is 0 Å². The smallest absolute Gasteiger partial charge is 0.193 e. The molecule has 1 aromatic heterocycles. The van der Waals surface area contributed by atoms with Gasteiger partial charge in [0.15, 0.2) is 5.12 Å². The normalized spacial score (nSPS) is 10.2. The third-order valence-electron chi connectivity index (χ3n) is 1.66. The van der Waals surface area contributed by atoms with Gasteiger partial charge in [-0.05, 0) is 12.0 Å². The number of H-pyrrole nitrogens is 1. The number of carbonyl (C=O) groups excluding carboxylic acids is 1. The minimum Gasteiger partial charge on any atom is -0.287 e. The first kappa shape index (κ1) is 10.3. The number of nitrogens with zero attached hydrogens (tertiary/aromatic N) is 1. The Hall–Kier alpha value is -0.770. The monoisotopic (exact) mass is 198 g/mol. The van der Waals surface area contributed by atoms with Crippen molar-refractivity contribution in [3.63, 3.8) is 0 Å². The Morgan fingerprint density at radius 1 is 1.69 bits per heavy atom. The lowest BCUT2D eigenvalue weighted by Gasteiger charge is -1.96. The molecule has 0 bridgehead atoms. The van der Waals surface area contributed by atoms with E-state index in [1.165, 1.54) is 11.8 Å². The molecule has 4 heteroatoms. The molecule has 0 radical (unpaired) electrons. The topological polar surface area (TPSA) is 45.8 Å². The van der Waals surface area contributed by atoms with Crippen molar-refractivity contribution in [2.24, 2.45) is 0 Å². The Labute approximate surface area is 82.3 Å². The quantitative estimate of drug-likeness (QED) is 0.736. The summed E-state index contributed by atoms with van der Waals surface area (Å²) in [6.07, 6.45) is 6.20. The minimum atomic E-state index is 0.231. The van der Waals surface area contributed by atoms with E-state index in [0.717, 1.165) is 24.2 Å². The SMILES string of the molecule is CCCCSC(=O)Cc1cn[nH]c1. The Kier molecular flexibility index (Phi) is 4.60. The van der Waals surface area contributed by atoms with Crippen molar-refractivity contribution >= 4 is 16.9 Å². The molecule has 0 aliphatic rings. The van der Waals surface area contributed by atoms with Crippen LogP contribution in [0.1, 0.15) is 25.3 Å². The first-order chi connectivity index (χ1) is 6.33. The Morgan fingerprint density at radius 2 is 2.54 bits per heavy atom. The summed E-state index contributed by atoms with van der Waals surface area (Å²) in [6.45, 7) is 2.13. The van der Waals surface area contributed by atoms with Crippen LogP contribution in [0, 0.1) is 0 Å². The molecule has 0 unspecified atom stereocenters. The van der Waals surface area contributed by atoms with Crippen molar-refractivity contribution in [1.82, 2.24) is 10.2 Å². The molecular weight excluding hydrogens is 184 g/mol. The van der Waals surface area contributed by atoms with Crippen LogP contribution in [0.4, 0.5) is 0 Å². The van der Waals surface area contributed by atoms with Crippen LogP contribution in [-0.4, -0.2) is 21.1 Å². The van der Waals surface area contributed by atoms with Gasteiger partial charge < -0.3 is 0 Å². The second-order valence-electron chi connectivity index (χ2n) is 2.86. The van der Waals surface area contributed by atoms with Crippen LogP contribution in [-0.2, 0) is 11.2 Å². The predicted octanol–water partition coefficient (Wildman–Crippen LogP) is 2.01. The highest BCUT2D eigenvalue weighted by atomic mass is 32.2. The standard InChI is InChI=1S/C9H14N2OS/c1-2-3-4-13-9(12)5-8-6-10-11-7-8/h6-7H,2-5H2,1H3,(H,10,11). The number of hydrogen-bond donors (Lipinski definition) is 1. The number of unbranched alkanes of at least 4 members (excludes halogenated alkanes) is 1. The van der Waals surface area contributed by atoms with E-state index in [2.05, 4.69) is 17.1 Å². The zero-order valence-corrected chi connectivity index (χ0v) is 8.56. The molecule has 0 fully saturated rings. The molecule has 0 aliphatic carbocycles. The largest absolute Gasteiger partial charge is 0.287 e. The third-order valence-corrected chi connectivity index (χ3v) is 2.62. The van der Waals surface area contributed by atoms with Crippen molar-refractivity contribution < 1.29 is 4.79 Å². The highest BCUT2D eigenvalue weighted by Gasteiger charge is 2.04. The lowest BCUT2D eigenvalue weighted by atomic mass is 10.3. The van der Waals surface area contributed by atoms with Crippen LogP contribution in [0.5, 0.6) is 0 Å². The van der Waals surface area contributed by atoms with Gasteiger partial charge in [0.05, 0.1) is 6.20 Å². The summed E-state index contributed by atoms with van der Waals surface area (Å²) in [5, 5.41) is 6.71.